The number of hydrogen-bond donors (Lipinski definition) is 10. The van der Waals surface area contributed by atoms with Crippen molar-refractivity contribution in [3.05, 3.63) is 0 Å². The van der Waals surface area contributed by atoms with Crippen LogP contribution in [-0.2, 0) is 61.8 Å². The van der Waals surface area contributed by atoms with Crippen molar-refractivity contribution in [3.8, 4) is 0 Å². The standard InChI is InChI=1S/C30H47NO22/c1-7-14(36)17(39)23(52-28-19(41)21(47-10(4)34)15(37)8(2)45-28)29(46-7)51-22-18(40)24(48-11(5)35)30(53-25(22)26(42)43)50-20-13(31-9(3)33)27(44)49-12(6-32)16(20)38/h7-8,12-25,27-30,32,36-41,44H,6H2,1-5H3,(H,31,33)(H,42,43)/t7-,8-,12+,13+,14-,15-,16-,17+,18-,19+,20+,21+,22+,23+,24+,25-,27+,28-,29+,30+/m0/s1. The number of carbonyl (C=O) groups excluding carboxylic acids is 3. The summed E-state index contributed by atoms with van der Waals surface area (Å²) in [6.07, 6.45) is -34.0. The lowest BCUT2D eigenvalue weighted by Gasteiger charge is -2.49. The minimum absolute atomic E-state index is 0.733. The molecule has 4 fully saturated rings. The molecule has 0 radical (unpaired) electrons. The molecule has 10 N–H and O–H groups in total. The second-order valence-electron chi connectivity index (χ2n) is 13.1. The Morgan fingerprint density at radius 2 is 1.11 bits per heavy atom. The normalized spacial score (nSPS) is 46.2. The van der Waals surface area contributed by atoms with Crippen LogP contribution in [0.3, 0.4) is 0 Å². The molecular formula is C30H47NO22. The van der Waals surface area contributed by atoms with E-state index in [1.165, 1.54) is 13.8 Å². The Morgan fingerprint density at radius 3 is 1.68 bits per heavy atom. The van der Waals surface area contributed by atoms with E-state index in [9.17, 15) is 65.1 Å². The fourth-order valence-electron chi connectivity index (χ4n) is 6.40. The third-order valence-corrected chi connectivity index (χ3v) is 9.05. The van der Waals surface area contributed by atoms with Crippen LogP contribution >= 0.6 is 0 Å². The van der Waals surface area contributed by atoms with Crippen LogP contribution in [0.2, 0.25) is 0 Å². The number of amides is 1. The summed E-state index contributed by atoms with van der Waals surface area (Å²) in [4.78, 5) is 48.4. The lowest BCUT2D eigenvalue weighted by Crippen LogP contribution is -2.69. The highest BCUT2D eigenvalue weighted by molar-refractivity contribution is 5.74. The number of aliphatic hydroxyl groups excluding tert-OH is 8. The Kier molecular flexibility index (Phi) is 14.5. The van der Waals surface area contributed by atoms with Gasteiger partial charge in [-0.05, 0) is 13.8 Å². The molecule has 4 rings (SSSR count). The molecule has 53 heavy (non-hydrogen) atoms. The molecule has 304 valence electrons. The summed E-state index contributed by atoms with van der Waals surface area (Å²) in [5, 5.41) is 98.1. The van der Waals surface area contributed by atoms with Crippen molar-refractivity contribution < 1.29 is 108 Å². The van der Waals surface area contributed by atoms with Crippen molar-refractivity contribution in [1.82, 2.24) is 5.32 Å². The SMILES string of the molecule is CC(=O)N[C@@H]1[C@@H](O[C@@H]2O[C@H](C(=O)O)[C@H](O[C@H]3O[C@@H](C)[C@H](O)[C@@H](O)[C@H]3O[C@@H]3O[C@@H](C)[C@H](O)[C@@H](OC(C)=O)[C@H]3O)[C@H](O)[C@H]2OC(C)=O)[C@@H](O)[C@@H](CO)O[C@H]1O. The van der Waals surface area contributed by atoms with Gasteiger partial charge in [-0.3, -0.25) is 14.4 Å². The molecule has 4 saturated heterocycles. The molecule has 20 atom stereocenters. The first-order chi connectivity index (χ1) is 24.8. The van der Waals surface area contributed by atoms with Crippen molar-refractivity contribution in [3.63, 3.8) is 0 Å². The van der Waals surface area contributed by atoms with Gasteiger partial charge in [0.2, 0.25) is 5.91 Å². The number of hydrogen-bond acceptors (Lipinski definition) is 21. The van der Waals surface area contributed by atoms with Crippen LogP contribution in [0.15, 0.2) is 0 Å². The van der Waals surface area contributed by atoms with E-state index in [0.29, 0.717) is 0 Å². The fraction of sp³-hybridized carbons (Fsp3) is 0.867. The molecule has 4 aliphatic heterocycles. The Labute approximate surface area is 301 Å². The predicted molar refractivity (Wildman–Crippen MR) is 162 cm³/mol. The van der Waals surface area contributed by atoms with Gasteiger partial charge >= 0.3 is 17.9 Å². The van der Waals surface area contributed by atoms with Crippen LogP contribution in [0.25, 0.3) is 0 Å². The van der Waals surface area contributed by atoms with E-state index in [4.69, 9.17) is 42.6 Å². The van der Waals surface area contributed by atoms with Gasteiger partial charge in [0, 0.05) is 20.8 Å². The van der Waals surface area contributed by atoms with E-state index in [-0.39, 0.29) is 0 Å². The summed E-state index contributed by atoms with van der Waals surface area (Å²) >= 11 is 0. The second kappa shape index (κ2) is 17.8. The molecule has 0 aromatic heterocycles. The number of nitrogens with one attached hydrogen (secondary N) is 1. The Balaban J connectivity index is 1.65. The molecule has 0 aromatic rings. The summed E-state index contributed by atoms with van der Waals surface area (Å²) in [5.74, 6) is -4.46. The maximum Gasteiger partial charge on any atom is 0.335 e. The Bertz CT molecular complexity index is 1290. The summed E-state index contributed by atoms with van der Waals surface area (Å²) in [6, 6.07) is -1.56. The number of rotatable bonds is 11. The number of aliphatic carboxylic acids is 1. The topological polar surface area (TPSA) is 345 Å². The van der Waals surface area contributed by atoms with Gasteiger partial charge in [-0.2, -0.15) is 0 Å². The van der Waals surface area contributed by atoms with Gasteiger partial charge in [-0.25, -0.2) is 4.79 Å². The molecule has 0 aliphatic carbocycles. The average molecular weight is 774 g/mol. The van der Waals surface area contributed by atoms with Crippen molar-refractivity contribution in [2.75, 3.05) is 6.61 Å². The highest BCUT2D eigenvalue weighted by Crippen LogP contribution is 2.36. The van der Waals surface area contributed by atoms with Gasteiger partial charge in [-0.15, -0.1) is 0 Å². The third kappa shape index (κ3) is 9.57. The lowest BCUT2D eigenvalue weighted by molar-refractivity contribution is -0.386. The maximum absolute atomic E-state index is 12.6. The number of carboxylic acid groups (broad SMARTS) is 1. The van der Waals surface area contributed by atoms with Crippen LogP contribution in [0.5, 0.6) is 0 Å². The molecule has 4 heterocycles. The number of esters is 2. The van der Waals surface area contributed by atoms with Crippen LogP contribution in [0.1, 0.15) is 34.6 Å². The first kappa shape index (κ1) is 43.0. The van der Waals surface area contributed by atoms with E-state index in [0.717, 1.165) is 20.8 Å². The lowest BCUT2D eigenvalue weighted by atomic mass is 9.94. The maximum atomic E-state index is 12.6. The van der Waals surface area contributed by atoms with E-state index in [1.807, 2.05) is 0 Å². The van der Waals surface area contributed by atoms with Crippen molar-refractivity contribution in [1.29, 1.82) is 0 Å². The molecule has 23 heteroatoms. The molecule has 0 spiro atoms. The average Bonchev–Trinajstić information content (AvgIpc) is 3.07. The zero-order valence-electron chi connectivity index (χ0n) is 29.1. The van der Waals surface area contributed by atoms with Crippen LogP contribution < -0.4 is 5.32 Å². The molecule has 0 bridgehead atoms. The predicted octanol–water partition coefficient (Wildman–Crippen LogP) is -6.32. The third-order valence-electron chi connectivity index (χ3n) is 9.05. The molecule has 1 amide bonds. The van der Waals surface area contributed by atoms with E-state index >= 15 is 0 Å². The van der Waals surface area contributed by atoms with Gasteiger partial charge in [0.25, 0.3) is 0 Å². The smallest absolute Gasteiger partial charge is 0.335 e. The van der Waals surface area contributed by atoms with Crippen LogP contribution in [-0.4, -0.2) is 199 Å². The molecule has 0 saturated carbocycles. The van der Waals surface area contributed by atoms with Gasteiger partial charge in [0.15, 0.2) is 43.5 Å². The molecule has 23 nitrogen and oxygen atoms in total. The molecule has 0 aromatic carbocycles. The summed E-state index contributed by atoms with van der Waals surface area (Å²) in [6.45, 7) is 4.80. The Hall–Kier alpha value is -2.72. The zero-order chi connectivity index (χ0) is 39.6. The highest BCUT2D eigenvalue weighted by atomic mass is 16.8. The van der Waals surface area contributed by atoms with Crippen molar-refractivity contribution in [2.24, 2.45) is 0 Å². The first-order valence-corrected chi connectivity index (χ1v) is 16.6. The quantitative estimate of drug-likeness (QED) is 0.0873. The number of aliphatic hydroxyl groups is 8. The van der Waals surface area contributed by atoms with Gasteiger partial charge in [0.1, 0.15) is 67.1 Å². The zero-order valence-corrected chi connectivity index (χ0v) is 29.1. The first-order valence-electron chi connectivity index (χ1n) is 16.6. The van der Waals surface area contributed by atoms with Crippen molar-refractivity contribution in [2.45, 2.75) is 157 Å². The van der Waals surface area contributed by atoms with Crippen LogP contribution in [0.4, 0.5) is 0 Å². The van der Waals surface area contributed by atoms with Gasteiger partial charge < -0.3 is 93.9 Å². The molecule has 4 aliphatic rings. The fourth-order valence-corrected chi connectivity index (χ4v) is 6.40. The number of carbonyl (C=O) groups is 4. The summed E-state index contributed by atoms with van der Waals surface area (Å²) in [5.41, 5.74) is 0. The molecule has 0 unspecified atom stereocenters. The van der Waals surface area contributed by atoms with E-state index < -0.39 is 153 Å². The molecular weight excluding hydrogens is 726 g/mol. The van der Waals surface area contributed by atoms with Crippen LogP contribution in [0, 0.1) is 0 Å². The minimum Gasteiger partial charge on any atom is -0.479 e. The van der Waals surface area contributed by atoms with Gasteiger partial charge in [0.05, 0.1) is 18.8 Å². The second-order valence-corrected chi connectivity index (χ2v) is 13.1. The highest BCUT2D eigenvalue weighted by Gasteiger charge is 2.58. The number of ether oxygens (including phenoxy) is 9. The largest absolute Gasteiger partial charge is 0.479 e. The number of carboxylic acids is 1. The minimum atomic E-state index is -2.24. The van der Waals surface area contributed by atoms with E-state index in [1.54, 1.807) is 0 Å². The summed E-state index contributed by atoms with van der Waals surface area (Å²) < 4.78 is 49.5. The van der Waals surface area contributed by atoms with Crippen molar-refractivity contribution >= 4 is 23.8 Å². The monoisotopic (exact) mass is 773 g/mol. The van der Waals surface area contributed by atoms with E-state index in [2.05, 4.69) is 5.32 Å². The summed E-state index contributed by atoms with van der Waals surface area (Å²) in [7, 11) is 0. The van der Waals surface area contributed by atoms with Gasteiger partial charge in [-0.1, -0.05) is 0 Å². The Morgan fingerprint density at radius 1 is 0.585 bits per heavy atom.